The molecule has 1 aromatic rings. The Kier molecular flexibility index (Phi) is 8.45. The third-order valence-electron chi connectivity index (χ3n) is 2.81. The molecule has 2 heteroatoms. The lowest BCUT2D eigenvalue weighted by Gasteiger charge is -2.03. The van der Waals surface area contributed by atoms with E-state index in [1.807, 2.05) is 11.3 Å². The minimum Gasteiger partial charge on any atom is -0.317 e. The van der Waals surface area contributed by atoms with Gasteiger partial charge >= 0.3 is 0 Å². The van der Waals surface area contributed by atoms with Gasteiger partial charge in [-0.2, -0.15) is 0 Å². The van der Waals surface area contributed by atoms with Crippen molar-refractivity contribution in [2.45, 2.75) is 51.9 Å². The molecule has 1 heterocycles. The molecule has 0 atom stereocenters. The molecule has 0 saturated carbocycles. The Morgan fingerprint density at radius 1 is 1.06 bits per heavy atom. The lowest BCUT2D eigenvalue weighted by molar-refractivity contribution is 0.575. The van der Waals surface area contributed by atoms with Gasteiger partial charge in [-0.1, -0.05) is 32.3 Å². The second-order valence-corrected chi connectivity index (χ2v) is 5.38. The number of thiophene rings is 1. The highest BCUT2D eigenvalue weighted by Gasteiger charge is 1.94. The van der Waals surface area contributed by atoms with Crippen LogP contribution in [0.1, 0.15) is 50.3 Å². The Balaban J connectivity index is 1.78. The van der Waals surface area contributed by atoms with Crippen molar-refractivity contribution in [3.05, 3.63) is 22.4 Å². The van der Waals surface area contributed by atoms with Gasteiger partial charge in [-0.15, -0.1) is 11.3 Å². The Labute approximate surface area is 104 Å². The summed E-state index contributed by atoms with van der Waals surface area (Å²) in [7, 11) is 0. The quantitative estimate of drug-likeness (QED) is 0.602. The van der Waals surface area contributed by atoms with E-state index in [0.29, 0.717) is 0 Å². The van der Waals surface area contributed by atoms with E-state index in [1.165, 1.54) is 58.0 Å². The highest BCUT2D eigenvalue weighted by Crippen LogP contribution is 2.12. The summed E-state index contributed by atoms with van der Waals surface area (Å²) >= 11 is 1.89. The van der Waals surface area contributed by atoms with Gasteiger partial charge in [0.05, 0.1) is 0 Å². The maximum atomic E-state index is 3.49. The van der Waals surface area contributed by atoms with Crippen molar-refractivity contribution in [3.63, 3.8) is 0 Å². The van der Waals surface area contributed by atoms with Crippen molar-refractivity contribution in [2.75, 3.05) is 13.1 Å². The van der Waals surface area contributed by atoms with Crippen LogP contribution in [0.2, 0.25) is 0 Å². The van der Waals surface area contributed by atoms with E-state index in [-0.39, 0.29) is 0 Å². The lowest BCUT2D eigenvalue weighted by Crippen LogP contribution is -2.16. The molecule has 0 aliphatic heterocycles. The van der Waals surface area contributed by atoms with Crippen molar-refractivity contribution in [1.29, 1.82) is 0 Å². The molecule has 0 saturated heterocycles. The van der Waals surface area contributed by atoms with Crippen LogP contribution in [0, 0.1) is 0 Å². The van der Waals surface area contributed by atoms with Gasteiger partial charge in [0.1, 0.15) is 0 Å². The Hall–Kier alpha value is -0.340. The molecular formula is C14H25NS. The first-order valence-corrected chi connectivity index (χ1v) is 7.54. The monoisotopic (exact) mass is 239 g/mol. The molecule has 1 rings (SSSR count). The number of rotatable bonds is 10. The maximum absolute atomic E-state index is 3.49. The average molecular weight is 239 g/mol. The van der Waals surface area contributed by atoms with Gasteiger partial charge in [0.25, 0.3) is 0 Å². The molecule has 0 aliphatic rings. The van der Waals surface area contributed by atoms with E-state index in [9.17, 15) is 0 Å². The van der Waals surface area contributed by atoms with Gasteiger partial charge in [0, 0.05) is 4.88 Å². The fourth-order valence-electron chi connectivity index (χ4n) is 1.78. The van der Waals surface area contributed by atoms with Crippen LogP contribution in [0.15, 0.2) is 17.5 Å². The van der Waals surface area contributed by atoms with Crippen LogP contribution in [0.4, 0.5) is 0 Å². The second kappa shape index (κ2) is 9.86. The van der Waals surface area contributed by atoms with E-state index in [4.69, 9.17) is 0 Å². The van der Waals surface area contributed by atoms with Crippen LogP contribution in [-0.4, -0.2) is 13.1 Å². The fourth-order valence-corrected chi connectivity index (χ4v) is 2.54. The molecule has 1 aromatic heterocycles. The van der Waals surface area contributed by atoms with Crippen molar-refractivity contribution >= 4 is 11.3 Å². The van der Waals surface area contributed by atoms with E-state index < -0.39 is 0 Å². The standard InChI is InChI=1S/C14H25NS/c1-2-3-11-15-12-7-5-4-6-9-14-10-8-13-16-14/h8,10,13,15H,2-7,9,11-12H2,1H3. The Bertz CT molecular complexity index is 231. The minimum absolute atomic E-state index is 1.20. The summed E-state index contributed by atoms with van der Waals surface area (Å²) in [4.78, 5) is 1.54. The van der Waals surface area contributed by atoms with Gasteiger partial charge in [-0.05, 0) is 50.2 Å². The first-order chi connectivity index (χ1) is 7.93. The smallest absolute Gasteiger partial charge is 0.00452 e. The number of nitrogens with one attached hydrogen (secondary N) is 1. The first kappa shape index (κ1) is 13.7. The fraction of sp³-hybridized carbons (Fsp3) is 0.714. The summed E-state index contributed by atoms with van der Waals surface area (Å²) in [6.45, 7) is 4.65. The van der Waals surface area contributed by atoms with Crippen LogP contribution in [-0.2, 0) is 6.42 Å². The molecule has 92 valence electrons. The van der Waals surface area contributed by atoms with Gasteiger partial charge in [-0.25, -0.2) is 0 Å². The van der Waals surface area contributed by atoms with Crippen LogP contribution in [0.3, 0.4) is 0 Å². The number of hydrogen-bond acceptors (Lipinski definition) is 2. The van der Waals surface area contributed by atoms with E-state index >= 15 is 0 Å². The number of aryl methyl sites for hydroxylation is 1. The first-order valence-electron chi connectivity index (χ1n) is 6.66. The zero-order valence-electron chi connectivity index (χ0n) is 10.5. The molecule has 0 fully saturated rings. The van der Waals surface area contributed by atoms with Crippen molar-refractivity contribution in [2.24, 2.45) is 0 Å². The normalized spacial score (nSPS) is 10.8. The van der Waals surface area contributed by atoms with Crippen molar-refractivity contribution < 1.29 is 0 Å². The molecular weight excluding hydrogens is 214 g/mol. The minimum atomic E-state index is 1.20. The topological polar surface area (TPSA) is 12.0 Å². The Morgan fingerprint density at radius 3 is 2.62 bits per heavy atom. The summed E-state index contributed by atoms with van der Waals surface area (Å²) in [6.07, 6.45) is 9.36. The third-order valence-corrected chi connectivity index (χ3v) is 3.75. The van der Waals surface area contributed by atoms with Gasteiger partial charge in [0.2, 0.25) is 0 Å². The number of unbranched alkanes of at least 4 members (excludes halogenated alkanes) is 4. The summed E-state index contributed by atoms with van der Waals surface area (Å²) in [6, 6.07) is 4.40. The predicted molar refractivity (Wildman–Crippen MR) is 74.3 cm³/mol. The number of hydrogen-bond donors (Lipinski definition) is 1. The zero-order chi connectivity index (χ0) is 11.5. The molecule has 1 N–H and O–H groups in total. The summed E-state index contributed by atoms with van der Waals surface area (Å²) in [5.41, 5.74) is 0. The van der Waals surface area contributed by atoms with Crippen LogP contribution >= 0.6 is 11.3 Å². The largest absolute Gasteiger partial charge is 0.317 e. The zero-order valence-corrected chi connectivity index (χ0v) is 11.3. The van der Waals surface area contributed by atoms with Gasteiger partial charge < -0.3 is 5.32 Å². The molecule has 0 spiro atoms. The molecule has 0 radical (unpaired) electrons. The van der Waals surface area contributed by atoms with Crippen LogP contribution < -0.4 is 5.32 Å². The molecule has 1 nitrogen and oxygen atoms in total. The summed E-state index contributed by atoms with van der Waals surface area (Å²) in [5, 5.41) is 5.67. The van der Waals surface area contributed by atoms with Gasteiger partial charge in [-0.3, -0.25) is 0 Å². The molecule has 0 aromatic carbocycles. The maximum Gasteiger partial charge on any atom is 0.00452 e. The summed E-state index contributed by atoms with van der Waals surface area (Å²) < 4.78 is 0. The second-order valence-electron chi connectivity index (χ2n) is 4.35. The Morgan fingerprint density at radius 2 is 1.88 bits per heavy atom. The lowest BCUT2D eigenvalue weighted by atomic mass is 10.1. The molecule has 0 unspecified atom stereocenters. The third kappa shape index (κ3) is 7.02. The SMILES string of the molecule is CCCCNCCCCCCc1cccs1. The van der Waals surface area contributed by atoms with Crippen molar-refractivity contribution in [3.8, 4) is 0 Å². The predicted octanol–water partition coefficient (Wildman–Crippen LogP) is 4.24. The summed E-state index contributed by atoms with van der Waals surface area (Å²) in [5.74, 6) is 0. The molecule has 16 heavy (non-hydrogen) atoms. The van der Waals surface area contributed by atoms with Crippen LogP contribution in [0.25, 0.3) is 0 Å². The molecule has 0 amide bonds. The van der Waals surface area contributed by atoms with Crippen molar-refractivity contribution in [1.82, 2.24) is 5.32 Å². The molecule has 0 aliphatic carbocycles. The average Bonchev–Trinajstić information content (AvgIpc) is 2.80. The van der Waals surface area contributed by atoms with E-state index in [2.05, 4.69) is 29.8 Å². The molecule has 0 bridgehead atoms. The van der Waals surface area contributed by atoms with Gasteiger partial charge in [0.15, 0.2) is 0 Å². The highest BCUT2D eigenvalue weighted by atomic mass is 32.1. The van der Waals surface area contributed by atoms with Crippen LogP contribution in [0.5, 0.6) is 0 Å². The van der Waals surface area contributed by atoms with E-state index in [0.717, 1.165) is 0 Å². The highest BCUT2D eigenvalue weighted by molar-refractivity contribution is 7.09. The van der Waals surface area contributed by atoms with E-state index in [1.54, 1.807) is 4.88 Å².